The third-order valence-electron chi connectivity index (χ3n) is 6.03. The Morgan fingerprint density at radius 1 is 0.357 bits per heavy atom. The highest BCUT2D eigenvalue weighted by Gasteiger charge is 1.98. The maximum absolute atomic E-state index is 5.74. The summed E-state index contributed by atoms with van der Waals surface area (Å²) in [6, 6.07) is 0. The molecule has 2 heteroatoms. The zero-order valence-electron chi connectivity index (χ0n) is 19.3. The molecule has 170 valence electrons. The Labute approximate surface area is 188 Å². The first kappa shape index (κ1) is 28.6. The zero-order valence-corrected chi connectivity index (χ0v) is 20.8. The average molecular weight is 436 g/mol. The van der Waals surface area contributed by atoms with Crippen molar-refractivity contribution in [1.29, 1.82) is 0 Å². The Morgan fingerprint density at radius 3 is 0.786 bits per heavy atom. The second-order valence-corrected chi connectivity index (χ2v) is 10.2. The highest BCUT2D eigenvalue weighted by Crippen LogP contribution is 2.16. The van der Waals surface area contributed by atoms with Gasteiger partial charge in [0.15, 0.2) is 0 Å². The van der Waals surface area contributed by atoms with Crippen LogP contribution in [0.2, 0.25) is 0 Å². The van der Waals surface area contributed by atoms with Gasteiger partial charge in [0.1, 0.15) is 4.84 Å². The van der Waals surface area contributed by atoms with Crippen molar-refractivity contribution in [3.63, 3.8) is 0 Å². The van der Waals surface area contributed by atoms with Crippen molar-refractivity contribution in [3.8, 4) is 0 Å². The van der Waals surface area contributed by atoms with Gasteiger partial charge in [-0.1, -0.05) is 155 Å². The van der Waals surface area contributed by atoms with E-state index in [0.717, 1.165) is 6.42 Å². The second-order valence-electron chi connectivity index (χ2n) is 8.96. The van der Waals surface area contributed by atoms with E-state index >= 15 is 0 Å². The summed E-state index contributed by atoms with van der Waals surface area (Å²) >= 11 is 11.5. The number of hydrogen-bond donors (Lipinski definition) is 0. The van der Waals surface area contributed by atoms with E-state index in [1.165, 1.54) is 148 Å². The first-order valence-electron chi connectivity index (χ1n) is 13.1. The lowest BCUT2D eigenvalue weighted by molar-refractivity contribution is 0.517. The first-order valence-corrected chi connectivity index (χ1v) is 13.9. The van der Waals surface area contributed by atoms with Crippen LogP contribution in [0.25, 0.3) is 0 Å². The van der Waals surface area contributed by atoms with Crippen LogP contribution < -0.4 is 0 Å². The first-order chi connectivity index (χ1) is 13.8. The maximum Gasteiger partial charge on any atom is 0.107 e. The van der Waals surface area contributed by atoms with Crippen molar-refractivity contribution in [2.45, 2.75) is 166 Å². The number of unbranched alkanes of at least 4 members (excludes halogenated alkanes) is 22. The molecule has 0 saturated carbocycles. The predicted octanol–water partition coefficient (Wildman–Crippen LogP) is 11.2. The van der Waals surface area contributed by atoms with Crippen molar-refractivity contribution in [2.24, 2.45) is 0 Å². The van der Waals surface area contributed by atoms with Crippen LogP contribution in [0.3, 0.4) is 0 Å². The molecule has 0 aromatic rings. The summed E-state index contributed by atoms with van der Waals surface area (Å²) in [5, 5.41) is 0. The topological polar surface area (TPSA) is 0 Å². The van der Waals surface area contributed by atoms with E-state index in [0.29, 0.717) is 0 Å². The molecule has 0 fully saturated rings. The summed E-state index contributed by atoms with van der Waals surface area (Å²) in [6.07, 6.45) is 33.9. The Kier molecular flexibility index (Phi) is 26.1. The van der Waals surface area contributed by atoms with Crippen molar-refractivity contribution >= 4 is 23.2 Å². The van der Waals surface area contributed by atoms with Gasteiger partial charge in [-0.25, -0.2) is 0 Å². The van der Waals surface area contributed by atoms with Gasteiger partial charge < -0.3 is 0 Å². The molecule has 0 aliphatic carbocycles. The molecule has 28 heavy (non-hydrogen) atoms. The highest BCUT2D eigenvalue weighted by molar-refractivity contribution is 6.44. The van der Waals surface area contributed by atoms with E-state index in [1.807, 2.05) is 0 Å². The maximum atomic E-state index is 5.74. The smallest absolute Gasteiger partial charge is 0.105 e. The molecule has 0 unspecified atom stereocenters. The molecular weight excluding hydrogens is 383 g/mol. The Morgan fingerprint density at radius 2 is 0.571 bits per heavy atom. The third kappa shape index (κ3) is 26.6. The second kappa shape index (κ2) is 25.6. The number of hydrogen-bond acceptors (Lipinski definition) is 0. The summed E-state index contributed by atoms with van der Waals surface area (Å²) < 4.78 is 0. The SMILES string of the molecule is CCCCCCCCCCCCCCCCCCCCCCCCCC(Cl)Cl. The molecular formula is C26H52Cl2. The van der Waals surface area contributed by atoms with Crippen LogP contribution in [0.1, 0.15) is 161 Å². The standard InChI is InChI=1S/C26H52Cl2/c1-2-3-4-5-6-7-8-9-10-11-12-13-14-15-16-17-18-19-20-21-22-23-24-25-26(27)28/h26H,2-25H2,1H3. The molecule has 0 amide bonds. The summed E-state index contributed by atoms with van der Waals surface area (Å²) in [4.78, 5) is -0.157. The molecule has 0 aromatic heterocycles. The molecule has 0 N–H and O–H groups in total. The van der Waals surface area contributed by atoms with Gasteiger partial charge in [-0.15, -0.1) is 23.2 Å². The normalized spacial score (nSPS) is 11.6. The molecule has 0 atom stereocenters. The minimum Gasteiger partial charge on any atom is -0.105 e. The third-order valence-corrected chi connectivity index (χ3v) is 6.46. The lowest BCUT2D eigenvalue weighted by atomic mass is 10.0. The molecule has 0 saturated heterocycles. The van der Waals surface area contributed by atoms with Gasteiger partial charge in [-0.05, 0) is 6.42 Å². The van der Waals surface area contributed by atoms with Gasteiger partial charge in [-0.3, -0.25) is 0 Å². The lowest BCUT2D eigenvalue weighted by Crippen LogP contribution is -1.87. The molecule has 0 heterocycles. The van der Waals surface area contributed by atoms with Crippen LogP contribution in [0.4, 0.5) is 0 Å². The zero-order chi connectivity index (χ0) is 20.5. The van der Waals surface area contributed by atoms with Crippen molar-refractivity contribution < 1.29 is 0 Å². The van der Waals surface area contributed by atoms with E-state index in [4.69, 9.17) is 23.2 Å². The fourth-order valence-corrected chi connectivity index (χ4v) is 4.39. The Balaban J connectivity index is 2.98. The number of rotatable bonds is 24. The largest absolute Gasteiger partial charge is 0.107 e. The van der Waals surface area contributed by atoms with E-state index < -0.39 is 0 Å². The van der Waals surface area contributed by atoms with Gasteiger partial charge in [0, 0.05) is 0 Å². The average Bonchev–Trinajstić information content (AvgIpc) is 2.68. The molecule has 0 aromatic carbocycles. The molecule has 0 bridgehead atoms. The molecule has 0 radical (unpaired) electrons. The van der Waals surface area contributed by atoms with Crippen LogP contribution in [-0.4, -0.2) is 4.84 Å². The van der Waals surface area contributed by atoms with Crippen molar-refractivity contribution in [2.75, 3.05) is 0 Å². The minimum absolute atomic E-state index is 0.157. The van der Waals surface area contributed by atoms with Crippen molar-refractivity contribution in [1.82, 2.24) is 0 Å². The fourth-order valence-electron chi connectivity index (χ4n) is 4.08. The monoisotopic (exact) mass is 434 g/mol. The quantitative estimate of drug-likeness (QED) is 0.104. The van der Waals surface area contributed by atoms with E-state index in [2.05, 4.69) is 6.92 Å². The van der Waals surface area contributed by atoms with Gasteiger partial charge >= 0.3 is 0 Å². The molecule has 0 nitrogen and oxygen atoms in total. The summed E-state index contributed by atoms with van der Waals surface area (Å²) in [7, 11) is 0. The Bertz CT molecular complexity index is 265. The lowest BCUT2D eigenvalue weighted by Gasteiger charge is -2.04. The molecule has 0 aliphatic heterocycles. The van der Waals surface area contributed by atoms with Crippen LogP contribution in [0.15, 0.2) is 0 Å². The van der Waals surface area contributed by atoms with E-state index in [9.17, 15) is 0 Å². The molecule has 0 aliphatic rings. The summed E-state index contributed by atoms with van der Waals surface area (Å²) in [6.45, 7) is 2.30. The highest BCUT2D eigenvalue weighted by atomic mass is 35.5. The summed E-state index contributed by atoms with van der Waals surface area (Å²) in [5.74, 6) is 0. The molecule has 0 spiro atoms. The minimum atomic E-state index is -0.157. The van der Waals surface area contributed by atoms with Crippen LogP contribution in [-0.2, 0) is 0 Å². The molecule has 0 rings (SSSR count). The van der Waals surface area contributed by atoms with Crippen LogP contribution >= 0.6 is 23.2 Å². The fraction of sp³-hybridized carbons (Fsp3) is 1.00. The van der Waals surface area contributed by atoms with Crippen LogP contribution in [0.5, 0.6) is 0 Å². The van der Waals surface area contributed by atoms with E-state index in [1.54, 1.807) is 0 Å². The van der Waals surface area contributed by atoms with Crippen molar-refractivity contribution in [3.05, 3.63) is 0 Å². The van der Waals surface area contributed by atoms with Gasteiger partial charge in [-0.2, -0.15) is 0 Å². The van der Waals surface area contributed by atoms with Crippen LogP contribution in [0, 0.1) is 0 Å². The van der Waals surface area contributed by atoms with Gasteiger partial charge in [0.2, 0.25) is 0 Å². The number of halogens is 2. The Hall–Kier alpha value is 0.580. The van der Waals surface area contributed by atoms with Gasteiger partial charge in [0.25, 0.3) is 0 Å². The van der Waals surface area contributed by atoms with E-state index in [-0.39, 0.29) is 4.84 Å². The van der Waals surface area contributed by atoms with Gasteiger partial charge in [0.05, 0.1) is 0 Å². The predicted molar refractivity (Wildman–Crippen MR) is 132 cm³/mol. The number of alkyl halides is 2. The summed E-state index contributed by atoms with van der Waals surface area (Å²) in [5.41, 5.74) is 0.